The first-order chi connectivity index (χ1) is 18.1. The maximum absolute atomic E-state index is 12.7. The van der Waals surface area contributed by atoms with Crippen LogP contribution in [0.15, 0.2) is 73.3 Å². The highest BCUT2D eigenvalue weighted by molar-refractivity contribution is 6.04. The minimum atomic E-state index is -0.0889. The maximum atomic E-state index is 12.7. The number of nitrogens with one attached hydrogen (secondary N) is 2. The van der Waals surface area contributed by atoms with Gasteiger partial charge in [0.05, 0.1) is 28.8 Å². The van der Waals surface area contributed by atoms with Gasteiger partial charge in [-0.25, -0.2) is 4.98 Å². The predicted octanol–water partition coefficient (Wildman–Crippen LogP) is 5.34. The Morgan fingerprint density at radius 1 is 0.946 bits per heavy atom. The number of imidazole rings is 1. The molecule has 0 fully saturated rings. The van der Waals surface area contributed by atoms with Crippen LogP contribution in [0.2, 0.25) is 0 Å². The Labute approximate surface area is 217 Å². The van der Waals surface area contributed by atoms with Gasteiger partial charge in [0, 0.05) is 37.4 Å². The van der Waals surface area contributed by atoms with Crippen molar-refractivity contribution < 1.29 is 4.79 Å². The van der Waals surface area contributed by atoms with E-state index in [9.17, 15) is 4.79 Å². The fourth-order valence-electron chi connectivity index (χ4n) is 4.76. The number of rotatable bonds is 10. The van der Waals surface area contributed by atoms with E-state index in [4.69, 9.17) is 9.97 Å². The van der Waals surface area contributed by atoms with Crippen molar-refractivity contribution in [2.45, 2.75) is 39.8 Å². The van der Waals surface area contributed by atoms with E-state index in [0.717, 1.165) is 49.4 Å². The minimum absolute atomic E-state index is 0.0889. The lowest BCUT2D eigenvalue weighted by Gasteiger charge is -2.23. The number of hydrogen-bond acceptors (Lipinski definition) is 5. The van der Waals surface area contributed by atoms with Crippen molar-refractivity contribution in [3.8, 4) is 0 Å². The second-order valence-corrected chi connectivity index (χ2v) is 9.53. The van der Waals surface area contributed by atoms with Crippen molar-refractivity contribution in [2.75, 3.05) is 13.1 Å². The molecule has 2 N–H and O–H groups in total. The monoisotopic (exact) mass is 492 g/mol. The van der Waals surface area contributed by atoms with Gasteiger partial charge in [0.1, 0.15) is 5.52 Å². The van der Waals surface area contributed by atoms with Crippen LogP contribution in [0.25, 0.3) is 21.8 Å². The Balaban J connectivity index is 1.23. The number of aryl methyl sites for hydroxylation is 2. The van der Waals surface area contributed by atoms with Crippen LogP contribution in [0.1, 0.15) is 45.7 Å². The summed E-state index contributed by atoms with van der Waals surface area (Å²) in [4.78, 5) is 31.9. The van der Waals surface area contributed by atoms with Crippen LogP contribution < -0.4 is 5.32 Å². The number of nitrogens with zero attached hydrogens (tertiary/aromatic N) is 4. The minimum Gasteiger partial charge on any atom is -0.352 e. The van der Waals surface area contributed by atoms with Crippen molar-refractivity contribution in [2.24, 2.45) is 0 Å². The van der Waals surface area contributed by atoms with E-state index in [1.807, 2.05) is 30.6 Å². The Bertz CT molecular complexity index is 1520. The van der Waals surface area contributed by atoms with Crippen LogP contribution in [0.4, 0.5) is 0 Å². The molecule has 3 heterocycles. The number of aromatic nitrogens is 4. The maximum Gasteiger partial charge on any atom is 0.253 e. The summed E-state index contributed by atoms with van der Waals surface area (Å²) >= 11 is 0. The summed E-state index contributed by atoms with van der Waals surface area (Å²) < 4.78 is 0. The fraction of sp³-hybridized carbons (Fsp3) is 0.267. The summed E-state index contributed by atoms with van der Waals surface area (Å²) in [5.41, 5.74) is 6.71. The highest BCUT2D eigenvalue weighted by Gasteiger charge is 2.14. The summed E-state index contributed by atoms with van der Waals surface area (Å²) in [6.45, 7) is 7.18. The van der Waals surface area contributed by atoms with E-state index in [2.05, 4.69) is 70.4 Å². The molecule has 5 aromatic rings. The number of carbonyl (C=O) groups is 1. The molecular weight excluding hydrogens is 460 g/mol. The molecule has 188 valence electrons. The van der Waals surface area contributed by atoms with Gasteiger partial charge in [0.15, 0.2) is 0 Å². The van der Waals surface area contributed by atoms with Gasteiger partial charge in [0.25, 0.3) is 5.91 Å². The summed E-state index contributed by atoms with van der Waals surface area (Å²) in [6, 6.07) is 18.2. The zero-order valence-corrected chi connectivity index (χ0v) is 21.4. The molecule has 0 aliphatic rings. The highest BCUT2D eigenvalue weighted by Crippen LogP contribution is 2.20. The van der Waals surface area contributed by atoms with Gasteiger partial charge in [-0.15, -0.1) is 0 Å². The van der Waals surface area contributed by atoms with Crippen LogP contribution >= 0.6 is 0 Å². The Morgan fingerprint density at radius 2 is 1.81 bits per heavy atom. The lowest BCUT2D eigenvalue weighted by Crippen LogP contribution is -2.28. The average Bonchev–Trinajstić information content (AvgIpc) is 3.39. The first-order valence-electron chi connectivity index (χ1n) is 12.8. The number of para-hydroxylation sites is 1. The molecule has 7 heteroatoms. The van der Waals surface area contributed by atoms with Crippen LogP contribution in [0.3, 0.4) is 0 Å². The molecule has 1 amide bonds. The number of pyridine rings is 2. The van der Waals surface area contributed by atoms with Crippen LogP contribution in [-0.2, 0) is 13.1 Å². The van der Waals surface area contributed by atoms with Gasteiger partial charge in [-0.05, 0) is 67.9 Å². The van der Waals surface area contributed by atoms with Crippen LogP contribution in [0.5, 0.6) is 0 Å². The van der Waals surface area contributed by atoms with Gasteiger partial charge in [-0.2, -0.15) is 0 Å². The molecule has 0 aliphatic carbocycles. The molecule has 7 nitrogen and oxygen atoms in total. The molecular formula is C30H32N6O. The lowest BCUT2D eigenvalue weighted by molar-refractivity contribution is 0.0954. The molecule has 0 bridgehead atoms. The SMILES string of the molecule is Cc1cnc(CN(CCCCNC(=O)c2cccc3[nH]cnc23)Cc2nccc3ccccc23)c(C)c1. The highest BCUT2D eigenvalue weighted by atomic mass is 16.1. The number of carbonyl (C=O) groups excluding carboxylic acids is 1. The van der Waals surface area contributed by atoms with E-state index in [1.165, 1.54) is 21.9 Å². The van der Waals surface area contributed by atoms with Crippen LogP contribution in [0, 0.1) is 13.8 Å². The second kappa shape index (κ2) is 11.3. The normalized spacial score (nSPS) is 11.4. The van der Waals surface area contributed by atoms with Crippen LogP contribution in [-0.4, -0.2) is 43.8 Å². The molecule has 0 atom stereocenters. The number of fused-ring (bicyclic) bond motifs is 2. The number of aromatic amines is 1. The third-order valence-corrected chi connectivity index (χ3v) is 6.71. The van der Waals surface area contributed by atoms with Gasteiger partial charge in [-0.1, -0.05) is 36.4 Å². The first-order valence-corrected chi connectivity index (χ1v) is 12.8. The van der Waals surface area contributed by atoms with Gasteiger partial charge in [0.2, 0.25) is 0 Å². The summed E-state index contributed by atoms with van der Waals surface area (Å²) in [6.07, 6.45) is 7.27. The molecule has 37 heavy (non-hydrogen) atoms. The molecule has 0 saturated carbocycles. The van der Waals surface area contributed by atoms with Crippen molar-refractivity contribution in [1.29, 1.82) is 0 Å². The zero-order valence-electron chi connectivity index (χ0n) is 21.4. The predicted molar refractivity (Wildman–Crippen MR) is 147 cm³/mol. The molecule has 3 aromatic heterocycles. The van der Waals surface area contributed by atoms with Crippen molar-refractivity contribution in [1.82, 2.24) is 30.2 Å². The molecule has 0 spiro atoms. The number of unbranched alkanes of at least 4 members (excludes halogenated alkanes) is 1. The van der Waals surface area contributed by atoms with E-state index in [-0.39, 0.29) is 5.91 Å². The largest absolute Gasteiger partial charge is 0.352 e. The number of benzene rings is 2. The van der Waals surface area contributed by atoms with Crippen molar-refractivity contribution in [3.05, 3.63) is 101 Å². The number of hydrogen-bond donors (Lipinski definition) is 2. The van der Waals surface area contributed by atoms with E-state index in [0.29, 0.717) is 17.6 Å². The Morgan fingerprint density at radius 3 is 2.70 bits per heavy atom. The molecule has 0 saturated heterocycles. The standard InChI is InChI=1S/C30H32N6O/c1-21-16-22(2)27(33-17-21)18-36(19-28-24-9-4-3-8-23(24)12-14-31-28)15-6-5-13-32-30(37)25-10-7-11-26-29(25)35-20-34-26/h3-4,7-12,14,16-17,20H,5-6,13,15,18-19H2,1-2H3,(H,32,37)(H,34,35). The first kappa shape index (κ1) is 24.6. The topological polar surface area (TPSA) is 86.8 Å². The molecule has 0 unspecified atom stereocenters. The lowest BCUT2D eigenvalue weighted by atomic mass is 10.1. The van der Waals surface area contributed by atoms with Gasteiger partial charge < -0.3 is 10.3 Å². The Kier molecular flexibility index (Phi) is 7.51. The number of amides is 1. The summed E-state index contributed by atoms with van der Waals surface area (Å²) in [5.74, 6) is -0.0889. The average molecular weight is 493 g/mol. The smallest absolute Gasteiger partial charge is 0.253 e. The fourth-order valence-corrected chi connectivity index (χ4v) is 4.76. The molecule has 5 rings (SSSR count). The molecule has 0 radical (unpaired) electrons. The quantitative estimate of drug-likeness (QED) is 0.257. The van der Waals surface area contributed by atoms with E-state index >= 15 is 0 Å². The number of H-pyrrole nitrogens is 1. The summed E-state index contributed by atoms with van der Waals surface area (Å²) in [7, 11) is 0. The summed E-state index contributed by atoms with van der Waals surface area (Å²) in [5, 5.41) is 5.44. The molecule has 0 aliphatic heterocycles. The second-order valence-electron chi connectivity index (χ2n) is 9.53. The third-order valence-electron chi connectivity index (χ3n) is 6.71. The van der Waals surface area contributed by atoms with Gasteiger partial charge >= 0.3 is 0 Å². The zero-order chi connectivity index (χ0) is 25.6. The van der Waals surface area contributed by atoms with E-state index in [1.54, 1.807) is 6.33 Å². The van der Waals surface area contributed by atoms with Gasteiger partial charge in [-0.3, -0.25) is 19.7 Å². The van der Waals surface area contributed by atoms with E-state index < -0.39 is 0 Å². The molecule has 2 aromatic carbocycles. The van der Waals surface area contributed by atoms with Crippen molar-refractivity contribution in [3.63, 3.8) is 0 Å². The third kappa shape index (κ3) is 5.84. The Hall–Kier alpha value is -4.10. The van der Waals surface area contributed by atoms with Crippen molar-refractivity contribution >= 4 is 27.7 Å².